The van der Waals surface area contributed by atoms with Crippen LogP contribution in [0.1, 0.15) is 5.56 Å². The van der Waals surface area contributed by atoms with Crippen LogP contribution in [0.25, 0.3) is 0 Å². The molecule has 0 radical (unpaired) electrons. The molecule has 1 aromatic carbocycles. The number of nitrogens with two attached hydrogens (primary N) is 1. The predicted octanol–water partition coefficient (Wildman–Crippen LogP) is 2.59. The predicted molar refractivity (Wildman–Crippen MR) is 44.3 cm³/mol. The number of benzene rings is 1. The molecule has 11 heavy (non-hydrogen) atoms. The molecule has 0 saturated heterocycles. The molecule has 1 aromatic rings. The molecule has 0 unspecified atom stereocenters. The molecular formula is C7H6Cl2FN. The van der Waals surface area contributed by atoms with Gasteiger partial charge in [-0.2, -0.15) is 0 Å². The highest BCUT2D eigenvalue weighted by atomic mass is 35.5. The van der Waals surface area contributed by atoms with Gasteiger partial charge < -0.3 is 5.73 Å². The summed E-state index contributed by atoms with van der Waals surface area (Å²) in [5.74, 6) is -0.520. The highest BCUT2D eigenvalue weighted by Crippen LogP contribution is 2.23. The number of hydrogen-bond acceptors (Lipinski definition) is 1. The topological polar surface area (TPSA) is 26.0 Å². The zero-order valence-corrected chi connectivity index (χ0v) is 7.08. The van der Waals surface area contributed by atoms with Crippen molar-refractivity contribution in [2.45, 2.75) is 6.54 Å². The molecule has 0 saturated carbocycles. The molecule has 0 heterocycles. The SMILES string of the molecule is NCc1cc(Cl)c(F)cc1Cl. The normalized spacial score (nSPS) is 10.2. The average molecular weight is 194 g/mol. The second-order valence-electron chi connectivity index (χ2n) is 2.06. The van der Waals surface area contributed by atoms with Crippen molar-refractivity contribution in [2.75, 3.05) is 0 Å². The largest absolute Gasteiger partial charge is 0.326 e. The van der Waals surface area contributed by atoms with E-state index in [9.17, 15) is 4.39 Å². The lowest BCUT2D eigenvalue weighted by molar-refractivity contribution is 0.627. The molecule has 0 bridgehead atoms. The van der Waals surface area contributed by atoms with E-state index in [2.05, 4.69) is 0 Å². The van der Waals surface area contributed by atoms with Gasteiger partial charge in [0.1, 0.15) is 5.82 Å². The van der Waals surface area contributed by atoms with Crippen LogP contribution >= 0.6 is 23.2 Å². The zero-order valence-electron chi connectivity index (χ0n) is 5.57. The summed E-state index contributed by atoms with van der Waals surface area (Å²) in [7, 11) is 0. The van der Waals surface area contributed by atoms with Crippen molar-refractivity contribution >= 4 is 23.2 Å². The number of hydrogen-bond donors (Lipinski definition) is 1. The van der Waals surface area contributed by atoms with Crippen molar-refractivity contribution in [1.29, 1.82) is 0 Å². The lowest BCUT2D eigenvalue weighted by Gasteiger charge is -2.01. The summed E-state index contributed by atoms with van der Waals surface area (Å²) in [5.41, 5.74) is 5.96. The molecular weight excluding hydrogens is 188 g/mol. The van der Waals surface area contributed by atoms with E-state index in [4.69, 9.17) is 28.9 Å². The Bertz CT molecular complexity index is 275. The average Bonchev–Trinajstić information content (AvgIpc) is 1.97. The van der Waals surface area contributed by atoms with Crippen molar-refractivity contribution in [1.82, 2.24) is 0 Å². The van der Waals surface area contributed by atoms with Crippen LogP contribution in [0.15, 0.2) is 12.1 Å². The van der Waals surface area contributed by atoms with E-state index in [1.165, 1.54) is 6.07 Å². The third-order valence-corrected chi connectivity index (χ3v) is 1.95. The number of rotatable bonds is 1. The highest BCUT2D eigenvalue weighted by molar-refractivity contribution is 6.33. The van der Waals surface area contributed by atoms with E-state index >= 15 is 0 Å². The first-order valence-corrected chi connectivity index (χ1v) is 3.74. The van der Waals surface area contributed by atoms with Gasteiger partial charge in [0.05, 0.1) is 5.02 Å². The molecule has 0 aliphatic carbocycles. The van der Waals surface area contributed by atoms with Crippen molar-refractivity contribution in [3.63, 3.8) is 0 Å². The molecule has 0 aliphatic heterocycles. The van der Waals surface area contributed by atoms with Crippen LogP contribution in [0.2, 0.25) is 10.0 Å². The summed E-state index contributed by atoms with van der Waals surface area (Å²) in [4.78, 5) is 0. The molecule has 0 atom stereocenters. The molecule has 0 aromatic heterocycles. The van der Waals surface area contributed by atoms with Gasteiger partial charge in [-0.1, -0.05) is 23.2 Å². The van der Waals surface area contributed by atoms with Crippen molar-refractivity contribution in [3.05, 3.63) is 33.6 Å². The first kappa shape index (κ1) is 8.78. The third kappa shape index (κ3) is 1.83. The molecule has 0 amide bonds. The summed E-state index contributed by atoms with van der Waals surface area (Å²) < 4.78 is 12.6. The van der Waals surface area contributed by atoms with Crippen molar-refractivity contribution in [3.8, 4) is 0 Å². The van der Waals surface area contributed by atoms with Crippen LogP contribution in [0.5, 0.6) is 0 Å². The van der Waals surface area contributed by atoms with Crippen molar-refractivity contribution in [2.24, 2.45) is 5.73 Å². The van der Waals surface area contributed by atoms with E-state index < -0.39 is 5.82 Å². The van der Waals surface area contributed by atoms with Gasteiger partial charge >= 0.3 is 0 Å². The minimum absolute atomic E-state index is 0.0508. The Labute approximate surface area is 73.9 Å². The van der Waals surface area contributed by atoms with Crippen LogP contribution in [0.4, 0.5) is 4.39 Å². The standard InChI is InChI=1S/C7H6Cl2FN/c8-5-2-7(10)6(9)1-4(5)3-11/h1-2H,3,11H2. The maximum Gasteiger partial charge on any atom is 0.143 e. The Hall–Kier alpha value is -0.310. The molecule has 0 fully saturated rings. The minimum atomic E-state index is -0.520. The molecule has 4 heteroatoms. The van der Waals surface area contributed by atoms with Crippen LogP contribution in [-0.4, -0.2) is 0 Å². The third-order valence-electron chi connectivity index (χ3n) is 1.31. The van der Waals surface area contributed by atoms with Crippen LogP contribution < -0.4 is 5.73 Å². The Kier molecular flexibility index (Phi) is 2.71. The molecule has 2 N–H and O–H groups in total. The van der Waals surface area contributed by atoms with Crippen LogP contribution in [0.3, 0.4) is 0 Å². The quantitative estimate of drug-likeness (QED) is 0.683. The van der Waals surface area contributed by atoms with Gasteiger partial charge in [0.25, 0.3) is 0 Å². The molecule has 0 aliphatic rings. The van der Waals surface area contributed by atoms with Gasteiger partial charge in [-0.15, -0.1) is 0 Å². The summed E-state index contributed by atoms with van der Waals surface area (Å²) in [5, 5.41) is 0.365. The zero-order chi connectivity index (χ0) is 8.43. The van der Waals surface area contributed by atoms with E-state index in [0.717, 1.165) is 6.07 Å². The fourth-order valence-electron chi connectivity index (χ4n) is 0.720. The minimum Gasteiger partial charge on any atom is -0.326 e. The Morgan fingerprint density at radius 3 is 2.45 bits per heavy atom. The second-order valence-corrected chi connectivity index (χ2v) is 2.88. The van der Waals surface area contributed by atoms with E-state index in [1.54, 1.807) is 0 Å². The fourth-order valence-corrected chi connectivity index (χ4v) is 1.13. The second kappa shape index (κ2) is 3.39. The van der Waals surface area contributed by atoms with E-state index in [1.807, 2.05) is 0 Å². The first-order chi connectivity index (χ1) is 5.15. The van der Waals surface area contributed by atoms with E-state index in [0.29, 0.717) is 10.6 Å². The smallest absolute Gasteiger partial charge is 0.143 e. The first-order valence-electron chi connectivity index (χ1n) is 2.98. The lowest BCUT2D eigenvalue weighted by Crippen LogP contribution is -1.97. The molecule has 60 valence electrons. The monoisotopic (exact) mass is 193 g/mol. The van der Waals surface area contributed by atoms with Gasteiger partial charge in [0.15, 0.2) is 0 Å². The molecule has 0 spiro atoms. The summed E-state index contributed by atoms with van der Waals surface area (Å²) in [6, 6.07) is 2.59. The number of halogens is 3. The highest BCUT2D eigenvalue weighted by Gasteiger charge is 2.04. The van der Waals surface area contributed by atoms with Gasteiger partial charge in [0.2, 0.25) is 0 Å². The Balaban J connectivity index is 3.21. The van der Waals surface area contributed by atoms with E-state index in [-0.39, 0.29) is 11.6 Å². The van der Waals surface area contributed by atoms with Gasteiger partial charge in [-0.05, 0) is 17.7 Å². The maximum atomic E-state index is 12.6. The van der Waals surface area contributed by atoms with Gasteiger partial charge in [-0.3, -0.25) is 0 Å². The lowest BCUT2D eigenvalue weighted by atomic mass is 10.2. The Morgan fingerprint density at radius 2 is 1.91 bits per heavy atom. The van der Waals surface area contributed by atoms with Gasteiger partial charge in [-0.25, -0.2) is 4.39 Å². The molecule has 1 rings (SSSR count). The van der Waals surface area contributed by atoms with Crippen LogP contribution in [-0.2, 0) is 6.54 Å². The fraction of sp³-hybridized carbons (Fsp3) is 0.143. The van der Waals surface area contributed by atoms with Gasteiger partial charge in [0, 0.05) is 11.6 Å². The summed E-state index contributed by atoms with van der Waals surface area (Å²) >= 11 is 11.1. The molecule has 1 nitrogen and oxygen atoms in total. The Morgan fingerprint density at radius 1 is 1.27 bits per heavy atom. The maximum absolute atomic E-state index is 12.6. The summed E-state index contributed by atoms with van der Waals surface area (Å²) in [6.45, 7) is 0.263. The van der Waals surface area contributed by atoms with Crippen LogP contribution in [0, 0.1) is 5.82 Å². The van der Waals surface area contributed by atoms with Crippen molar-refractivity contribution < 1.29 is 4.39 Å². The summed E-state index contributed by atoms with van der Waals surface area (Å²) in [6.07, 6.45) is 0.